The minimum atomic E-state index is -0.694. The van der Waals surface area contributed by atoms with Crippen LogP contribution in [0.5, 0.6) is 11.5 Å². The van der Waals surface area contributed by atoms with Gasteiger partial charge in [0.05, 0.1) is 12.2 Å². The molecule has 0 aromatic heterocycles. The highest BCUT2D eigenvalue weighted by Crippen LogP contribution is 2.37. The van der Waals surface area contributed by atoms with Crippen molar-refractivity contribution in [2.75, 3.05) is 18.5 Å². The maximum Gasteiger partial charge on any atom is 0.276 e. The lowest BCUT2D eigenvalue weighted by Crippen LogP contribution is -2.53. The minimum absolute atomic E-state index is 0.329. The quantitative estimate of drug-likeness (QED) is 0.343. The van der Waals surface area contributed by atoms with Gasteiger partial charge in [0.2, 0.25) is 0 Å². The van der Waals surface area contributed by atoms with Crippen molar-refractivity contribution in [2.45, 2.75) is 19.5 Å². The van der Waals surface area contributed by atoms with E-state index in [0.29, 0.717) is 47.1 Å². The molecule has 0 aliphatic carbocycles. The number of halogens is 1. The number of hydrogen-bond donors (Lipinski definition) is 2. The number of rotatable bonds is 9. The number of hydrogen-bond acceptors (Lipinski definition) is 5. The van der Waals surface area contributed by atoms with Gasteiger partial charge in [0.25, 0.3) is 11.8 Å². The molecule has 0 fully saturated rings. The number of nitrogens with zero attached hydrogens (tertiary/aromatic N) is 1. The molecule has 3 aromatic rings. The second-order valence-corrected chi connectivity index (χ2v) is 8.78. The fourth-order valence-electron chi connectivity index (χ4n) is 3.69. The molecule has 1 atom stereocenters. The number of nitrogens with one attached hydrogen (secondary N) is 2. The van der Waals surface area contributed by atoms with E-state index in [1.807, 2.05) is 37.3 Å². The van der Waals surface area contributed by atoms with Crippen LogP contribution in [0.15, 0.2) is 83.9 Å². The lowest BCUT2D eigenvalue weighted by molar-refractivity contribution is 0.0487. The zero-order valence-electron chi connectivity index (χ0n) is 19.3. The Balaban J connectivity index is 1.68. The standard InChI is InChI=1S/C27H26BrN3O4/c1-3-15-34-20-12-9-18(10-13-20)26(32)30-31-25(29-23-8-6-5-7-21(23)27(31)33)22-17-19(28)11-14-24(22)35-16-4-2/h3,5-14,17,25,29H,1,4,15-16H2,2H3,(H,30,32). The fraction of sp³-hybridized carbons (Fsp3) is 0.185. The topological polar surface area (TPSA) is 79.9 Å². The van der Waals surface area contributed by atoms with E-state index in [2.05, 4.69) is 33.3 Å². The monoisotopic (exact) mass is 535 g/mol. The number of para-hydroxylation sites is 1. The molecule has 4 rings (SSSR count). The fourth-order valence-corrected chi connectivity index (χ4v) is 4.07. The van der Waals surface area contributed by atoms with E-state index in [0.717, 1.165) is 10.9 Å². The smallest absolute Gasteiger partial charge is 0.276 e. The van der Waals surface area contributed by atoms with Gasteiger partial charge in [-0.25, -0.2) is 5.01 Å². The molecule has 0 spiro atoms. The van der Waals surface area contributed by atoms with Crippen LogP contribution >= 0.6 is 15.9 Å². The van der Waals surface area contributed by atoms with Crippen LogP contribution in [0.3, 0.4) is 0 Å². The summed E-state index contributed by atoms with van der Waals surface area (Å²) in [5, 5.41) is 4.70. The molecule has 0 radical (unpaired) electrons. The molecule has 1 heterocycles. The number of fused-ring (bicyclic) bond motifs is 1. The van der Waals surface area contributed by atoms with E-state index in [1.54, 1.807) is 42.5 Å². The molecular weight excluding hydrogens is 510 g/mol. The molecule has 1 aliphatic rings. The second kappa shape index (κ2) is 11.1. The highest BCUT2D eigenvalue weighted by molar-refractivity contribution is 9.10. The molecular formula is C27H26BrN3O4. The van der Waals surface area contributed by atoms with Gasteiger partial charge in [-0.05, 0) is 61.0 Å². The van der Waals surface area contributed by atoms with Crippen molar-refractivity contribution in [3.05, 3.63) is 101 Å². The molecule has 7 nitrogen and oxygen atoms in total. The molecule has 0 bridgehead atoms. The first kappa shape index (κ1) is 24.3. The van der Waals surface area contributed by atoms with Crippen molar-refractivity contribution >= 4 is 33.4 Å². The van der Waals surface area contributed by atoms with Gasteiger partial charge in [-0.15, -0.1) is 0 Å². The summed E-state index contributed by atoms with van der Waals surface area (Å²) in [6.45, 7) is 6.55. The van der Waals surface area contributed by atoms with Crippen LogP contribution in [-0.4, -0.2) is 30.0 Å². The van der Waals surface area contributed by atoms with Crippen molar-refractivity contribution in [1.29, 1.82) is 0 Å². The summed E-state index contributed by atoms with van der Waals surface area (Å²) in [6.07, 6.45) is 1.79. The maximum absolute atomic E-state index is 13.5. The number of carbonyl (C=O) groups excluding carboxylic acids is 2. The number of ether oxygens (including phenoxy) is 2. The van der Waals surface area contributed by atoms with Crippen molar-refractivity contribution in [3.63, 3.8) is 0 Å². The SMILES string of the molecule is C=CCOc1ccc(C(=O)NN2C(=O)c3ccccc3NC2c2cc(Br)ccc2OCCC)cc1. The zero-order valence-corrected chi connectivity index (χ0v) is 20.9. The van der Waals surface area contributed by atoms with Gasteiger partial charge in [-0.3, -0.25) is 15.0 Å². The third-order valence-corrected chi connectivity index (χ3v) is 5.85. The first-order valence-corrected chi connectivity index (χ1v) is 12.1. The van der Waals surface area contributed by atoms with E-state index in [1.165, 1.54) is 5.01 Å². The predicted octanol–water partition coefficient (Wildman–Crippen LogP) is 5.71. The van der Waals surface area contributed by atoms with Crippen LogP contribution in [-0.2, 0) is 0 Å². The summed E-state index contributed by atoms with van der Waals surface area (Å²) in [4.78, 5) is 26.7. The molecule has 2 amide bonds. The molecule has 8 heteroatoms. The van der Waals surface area contributed by atoms with Gasteiger partial charge < -0.3 is 14.8 Å². The normalized spacial score (nSPS) is 14.5. The van der Waals surface area contributed by atoms with Crippen molar-refractivity contribution < 1.29 is 19.1 Å². The van der Waals surface area contributed by atoms with Crippen LogP contribution in [0.1, 0.15) is 45.8 Å². The Morgan fingerprint density at radius 2 is 1.91 bits per heavy atom. The number of carbonyl (C=O) groups is 2. The molecule has 0 saturated heterocycles. The first-order valence-electron chi connectivity index (χ1n) is 11.3. The van der Waals surface area contributed by atoms with Gasteiger partial charge in [-0.1, -0.05) is 47.6 Å². The van der Waals surface area contributed by atoms with Crippen molar-refractivity contribution in [3.8, 4) is 11.5 Å². The Kier molecular flexibility index (Phi) is 7.72. The first-order chi connectivity index (χ1) is 17.0. The van der Waals surface area contributed by atoms with Gasteiger partial charge in [0.1, 0.15) is 18.1 Å². The molecule has 180 valence electrons. The predicted molar refractivity (Wildman–Crippen MR) is 139 cm³/mol. The highest BCUT2D eigenvalue weighted by atomic mass is 79.9. The van der Waals surface area contributed by atoms with Gasteiger partial charge in [0.15, 0.2) is 6.17 Å². The number of hydrazine groups is 1. The summed E-state index contributed by atoms with van der Waals surface area (Å²) < 4.78 is 12.3. The van der Waals surface area contributed by atoms with Crippen molar-refractivity contribution in [2.24, 2.45) is 0 Å². The maximum atomic E-state index is 13.5. The van der Waals surface area contributed by atoms with Crippen LogP contribution in [0.4, 0.5) is 5.69 Å². The second-order valence-electron chi connectivity index (χ2n) is 7.86. The minimum Gasteiger partial charge on any atom is -0.493 e. The third kappa shape index (κ3) is 5.49. The number of benzene rings is 3. The largest absolute Gasteiger partial charge is 0.493 e. The number of amides is 2. The summed E-state index contributed by atoms with van der Waals surface area (Å²) in [7, 11) is 0. The zero-order chi connectivity index (χ0) is 24.8. The van der Waals surface area contributed by atoms with E-state index >= 15 is 0 Å². The summed E-state index contributed by atoms with van der Waals surface area (Å²) in [5.74, 6) is 0.495. The van der Waals surface area contributed by atoms with E-state index in [-0.39, 0.29) is 5.91 Å². The van der Waals surface area contributed by atoms with Crippen molar-refractivity contribution in [1.82, 2.24) is 10.4 Å². The van der Waals surface area contributed by atoms with E-state index in [9.17, 15) is 9.59 Å². The van der Waals surface area contributed by atoms with E-state index < -0.39 is 12.1 Å². The average Bonchev–Trinajstić information content (AvgIpc) is 2.88. The Hall–Kier alpha value is -3.78. The number of anilines is 1. The average molecular weight is 536 g/mol. The third-order valence-electron chi connectivity index (χ3n) is 5.36. The van der Waals surface area contributed by atoms with Crippen LogP contribution in [0, 0.1) is 0 Å². The van der Waals surface area contributed by atoms with Gasteiger partial charge in [-0.2, -0.15) is 0 Å². The van der Waals surface area contributed by atoms with Crippen LogP contribution in [0.25, 0.3) is 0 Å². The highest BCUT2D eigenvalue weighted by Gasteiger charge is 2.36. The van der Waals surface area contributed by atoms with Crippen LogP contribution in [0.2, 0.25) is 0 Å². The molecule has 2 N–H and O–H groups in total. The Bertz CT molecular complexity index is 1230. The van der Waals surface area contributed by atoms with Gasteiger partial charge >= 0.3 is 0 Å². The Morgan fingerprint density at radius 1 is 1.14 bits per heavy atom. The Morgan fingerprint density at radius 3 is 2.66 bits per heavy atom. The Labute approximate surface area is 212 Å². The lowest BCUT2D eigenvalue weighted by atomic mass is 10.0. The molecule has 35 heavy (non-hydrogen) atoms. The molecule has 1 aliphatic heterocycles. The lowest BCUT2D eigenvalue weighted by Gasteiger charge is -2.38. The molecule has 0 saturated carbocycles. The van der Waals surface area contributed by atoms with Gasteiger partial charge in [0, 0.05) is 21.3 Å². The van der Waals surface area contributed by atoms with Crippen LogP contribution < -0.4 is 20.2 Å². The molecule has 1 unspecified atom stereocenters. The summed E-state index contributed by atoms with van der Waals surface area (Å²) in [5.41, 5.74) is 5.03. The van der Waals surface area contributed by atoms with E-state index in [4.69, 9.17) is 9.47 Å². The molecule has 3 aromatic carbocycles. The summed E-state index contributed by atoms with van der Waals surface area (Å²) in [6, 6.07) is 19.5. The summed E-state index contributed by atoms with van der Waals surface area (Å²) >= 11 is 3.52.